The summed E-state index contributed by atoms with van der Waals surface area (Å²) in [5, 5.41) is 37.6. The maximum absolute atomic E-state index is 11.5. The molecule has 0 spiro atoms. The number of sulfonamides is 1. The van der Waals surface area contributed by atoms with E-state index in [1.54, 1.807) is 24.3 Å². The molecule has 0 aliphatic heterocycles. The van der Waals surface area contributed by atoms with Crippen molar-refractivity contribution < 1.29 is 28.5 Å². The van der Waals surface area contributed by atoms with E-state index in [-0.39, 0.29) is 17.3 Å². The fraction of sp³-hybridized carbons (Fsp3) is 0.419. The van der Waals surface area contributed by atoms with Crippen molar-refractivity contribution in [1.29, 1.82) is 0 Å². The van der Waals surface area contributed by atoms with Gasteiger partial charge in [-0.2, -0.15) is 0 Å². The van der Waals surface area contributed by atoms with Gasteiger partial charge >= 0.3 is 0 Å². The van der Waals surface area contributed by atoms with Crippen molar-refractivity contribution in [2.75, 3.05) is 26.3 Å². The molecule has 0 heterocycles. The van der Waals surface area contributed by atoms with E-state index in [1.165, 1.54) is 23.8 Å². The molecule has 3 aromatic rings. The number of hydrogen-bond donors (Lipinski definition) is 5. The van der Waals surface area contributed by atoms with Gasteiger partial charge < -0.3 is 25.4 Å². The lowest BCUT2D eigenvalue weighted by atomic mass is 10.0. The molecule has 1 atom stereocenters. The summed E-state index contributed by atoms with van der Waals surface area (Å²) < 4.78 is 28.7. The van der Waals surface area contributed by atoms with Crippen LogP contribution in [-0.2, 0) is 27.8 Å². The molecule has 0 saturated carbocycles. The summed E-state index contributed by atoms with van der Waals surface area (Å²) in [4.78, 5) is 0.113. The molecule has 0 amide bonds. The zero-order chi connectivity index (χ0) is 28.8. The van der Waals surface area contributed by atoms with Crippen LogP contribution in [-0.4, -0.2) is 50.0 Å². The Morgan fingerprint density at radius 1 is 0.850 bits per heavy atom. The molecule has 8 nitrogen and oxygen atoms in total. The number of unbranched alkanes of at least 4 members (excludes halogenated alkanes) is 4. The summed E-state index contributed by atoms with van der Waals surface area (Å²) in [6.07, 6.45) is 6.58. The lowest BCUT2D eigenvalue weighted by Crippen LogP contribution is -2.22. The minimum atomic E-state index is -3.69. The molecule has 3 aromatic carbocycles. The highest BCUT2D eigenvalue weighted by Gasteiger charge is 2.10. The number of hydrogen-bond acceptors (Lipinski definition) is 7. The Morgan fingerprint density at radius 3 is 2.30 bits per heavy atom. The predicted octanol–water partition coefficient (Wildman–Crippen LogP) is 4.42. The summed E-state index contributed by atoms with van der Waals surface area (Å²) >= 11 is 0. The van der Waals surface area contributed by atoms with E-state index in [2.05, 4.69) is 17.4 Å². The molecule has 6 N–H and O–H groups in total. The van der Waals surface area contributed by atoms with Gasteiger partial charge in [-0.3, -0.25) is 0 Å². The second kappa shape index (κ2) is 16.5. The van der Waals surface area contributed by atoms with Gasteiger partial charge in [0.15, 0.2) is 0 Å². The lowest BCUT2D eigenvalue weighted by Gasteiger charge is -2.14. The van der Waals surface area contributed by atoms with Crippen LogP contribution in [0.3, 0.4) is 0 Å². The van der Waals surface area contributed by atoms with E-state index in [0.29, 0.717) is 17.7 Å². The number of aliphatic hydroxyl groups excluding tert-OH is 2. The van der Waals surface area contributed by atoms with Gasteiger partial charge in [0.1, 0.15) is 5.75 Å². The van der Waals surface area contributed by atoms with E-state index in [0.717, 1.165) is 75.8 Å². The molecule has 0 bridgehead atoms. The number of aryl methyl sites for hydroxylation is 1. The normalized spacial score (nSPS) is 12.5. The van der Waals surface area contributed by atoms with Crippen molar-refractivity contribution in [2.24, 2.45) is 5.14 Å². The highest BCUT2D eigenvalue weighted by Crippen LogP contribution is 2.23. The van der Waals surface area contributed by atoms with Gasteiger partial charge in [-0.05, 0) is 85.2 Å². The Morgan fingerprint density at radius 2 is 1.57 bits per heavy atom. The van der Waals surface area contributed by atoms with Crippen molar-refractivity contribution >= 4 is 10.0 Å². The number of nitrogens with one attached hydrogen (secondary N) is 1. The molecular weight excluding hydrogens is 528 g/mol. The summed E-state index contributed by atoms with van der Waals surface area (Å²) in [6.45, 7) is 2.51. The Balaban J connectivity index is 1.19. The highest BCUT2D eigenvalue weighted by molar-refractivity contribution is 7.89. The minimum absolute atomic E-state index is 0.0349. The van der Waals surface area contributed by atoms with Crippen LogP contribution in [0.4, 0.5) is 0 Å². The third-order valence-corrected chi connectivity index (χ3v) is 7.77. The van der Waals surface area contributed by atoms with Gasteiger partial charge in [-0.25, -0.2) is 13.6 Å². The zero-order valence-electron chi connectivity index (χ0n) is 23.0. The molecule has 40 heavy (non-hydrogen) atoms. The first-order chi connectivity index (χ1) is 19.3. The number of benzene rings is 3. The number of aliphatic hydroxyl groups is 2. The van der Waals surface area contributed by atoms with Crippen LogP contribution in [0.25, 0.3) is 11.1 Å². The maximum Gasteiger partial charge on any atom is 0.238 e. The van der Waals surface area contributed by atoms with E-state index in [4.69, 9.17) is 9.88 Å². The molecule has 0 aliphatic carbocycles. The van der Waals surface area contributed by atoms with E-state index >= 15 is 0 Å². The number of primary sulfonamides is 1. The maximum atomic E-state index is 11.5. The summed E-state index contributed by atoms with van der Waals surface area (Å²) in [6, 6.07) is 19.7. The molecule has 0 fully saturated rings. The third kappa shape index (κ3) is 10.6. The Labute approximate surface area is 237 Å². The molecule has 1 unspecified atom stereocenters. The Hall–Kier alpha value is -2.79. The molecule has 9 heteroatoms. The molecule has 0 radical (unpaired) electrons. The van der Waals surface area contributed by atoms with Crippen molar-refractivity contribution in [2.45, 2.75) is 62.6 Å². The van der Waals surface area contributed by atoms with Crippen LogP contribution >= 0.6 is 0 Å². The minimum Gasteiger partial charge on any atom is -0.508 e. The zero-order valence-corrected chi connectivity index (χ0v) is 23.8. The van der Waals surface area contributed by atoms with E-state index < -0.39 is 16.1 Å². The SMILES string of the molecule is NS(=O)(=O)c1ccc(-c2cccc(CCCCOCCCCCCNCC(O)c3ccc(O)c(CO)c3)c2)cc1. The van der Waals surface area contributed by atoms with Gasteiger partial charge in [0.2, 0.25) is 10.0 Å². The molecular formula is C31H42N2O6S. The first-order valence-electron chi connectivity index (χ1n) is 13.9. The standard InChI is InChI=1S/C31H42N2O6S/c32-40(37,38)29-14-11-25(12-15-29)26-10-7-9-24(20-26)8-3-6-19-39-18-5-2-1-4-17-33-22-31(36)27-13-16-30(35)28(21-27)23-34/h7,9-16,20-21,31,33-36H,1-6,8,17-19,22-23H2,(H2,32,37,38). The second-order valence-electron chi connectivity index (χ2n) is 10.0. The monoisotopic (exact) mass is 570 g/mol. The van der Waals surface area contributed by atoms with Gasteiger partial charge in [-0.15, -0.1) is 0 Å². The quantitative estimate of drug-likeness (QED) is 0.143. The number of nitrogens with two attached hydrogens (primary N) is 1. The second-order valence-corrected chi connectivity index (χ2v) is 11.6. The third-order valence-electron chi connectivity index (χ3n) is 6.84. The van der Waals surface area contributed by atoms with Crippen LogP contribution in [0.1, 0.15) is 61.3 Å². The highest BCUT2D eigenvalue weighted by atomic mass is 32.2. The average Bonchev–Trinajstić information content (AvgIpc) is 2.95. The number of ether oxygens (including phenoxy) is 1. The molecule has 3 rings (SSSR count). The van der Waals surface area contributed by atoms with Gasteiger partial charge in [0.05, 0.1) is 17.6 Å². The topological polar surface area (TPSA) is 142 Å². The summed E-state index contributed by atoms with van der Waals surface area (Å²) in [7, 11) is -3.69. The first-order valence-corrected chi connectivity index (χ1v) is 15.4. The number of phenols is 1. The Bertz CT molecular complexity index is 1280. The van der Waals surface area contributed by atoms with Gasteiger partial charge in [0, 0.05) is 25.3 Å². The van der Waals surface area contributed by atoms with Crippen LogP contribution in [0.2, 0.25) is 0 Å². The largest absolute Gasteiger partial charge is 0.508 e. The van der Waals surface area contributed by atoms with Crippen LogP contribution in [0, 0.1) is 0 Å². The van der Waals surface area contributed by atoms with Crippen LogP contribution in [0.15, 0.2) is 71.6 Å². The fourth-order valence-electron chi connectivity index (χ4n) is 4.48. The van der Waals surface area contributed by atoms with Crippen LogP contribution in [0.5, 0.6) is 5.75 Å². The molecule has 218 valence electrons. The van der Waals surface area contributed by atoms with Gasteiger partial charge in [-0.1, -0.05) is 55.3 Å². The Kier molecular flexibility index (Phi) is 13.1. The number of rotatable bonds is 18. The lowest BCUT2D eigenvalue weighted by molar-refractivity contribution is 0.126. The average molecular weight is 571 g/mol. The summed E-state index contributed by atoms with van der Waals surface area (Å²) in [5.41, 5.74) is 4.34. The van der Waals surface area contributed by atoms with Gasteiger partial charge in [0.25, 0.3) is 0 Å². The summed E-state index contributed by atoms with van der Waals surface area (Å²) in [5.74, 6) is 0.0349. The van der Waals surface area contributed by atoms with Crippen molar-refractivity contribution in [3.63, 3.8) is 0 Å². The van der Waals surface area contributed by atoms with E-state index in [1.807, 2.05) is 12.1 Å². The van der Waals surface area contributed by atoms with E-state index in [9.17, 15) is 23.7 Å². The fourth-order valence-corrected chi connectivity index (χ4v) is 5.00. The van der Waals surface area contributed by atoms with Crippen molar-refractivity contribution in [1.82, 2.24) is 5.32 Å². The van der Waals surface area contributed by atoms with Crippen molar-refractivity contribution in [3.05, 3.63) is 83.4 Å². The number of aromatic hydroxyl groups is 1. The molecule has 0 aliphatic rings. The van der Waals surface area contributed by atoms with Crippen LogP contribution < -0.4 is 10.5 Å². The predicted molar refractivity (Wildman–Crippen MR) is 157 cm³/mol. The first kappa shape index (κ1) is 31.7. The smallest absolute Gasteiger partial charge is 0.238 e. The molecule has 0 aromatic heterocycles. The van der Waals surface area contributed by atoms with Crippen molar-refractivity contribution in [3.8, 4) is 16.9 Å². The molecule has 0 saturated heterocycles.